The molecule has 9 nitrogen and oxygen atoms in total. The molecule has 196 valence electrons. The van der Waals surface area contributed by atoms with Crippen LogP contribution in [0.15, 0.2) is 30.5 Å². The zero-order chi connectivity index (χ0) is 26.3. The summed E-state index contributed by atoms with van der Waals surface area (Å²) in [5.41, 5.74) is 5.31. The maximum Gasteiger partial charge on any atom is 0.252 e. The van der Waals surface area contributed by atoms with Crippen LogP contribution in [-0.2, 0) is 9.59 Å². The number of nitrogens with zero attached hydrogens (tertiary/aromatic N) is 2. The first-order chi connectivity index (χ1) is 17.1. The fraction of sp³-hybridized carbons (Fsp3) is 0.538. The number of likely N-dealkylation sites (tertiary alicyclic amines) is 1. The van der Waals surface area contributed by atoms with Crippen LogP contribution in [0.4, 0.5) is 4.39 Å². The number of unbranched alkanes of at least 4 members (excludes halogenated alkanes) is 1. The van der Waals surface area contributed by atoms with Crippen LogP contribution in [0.5, 0.6) is 5.75 Å². The van der Waals surface area contributed by atoms with E-state index < -0.39 is 23.6 Å². The monoisotopic (exact) mass is 501 g/mol. The van der Waals surface area contributed by atoms with Crippen molar-refractivity contribution in [1.82, 2.24) is 20.5 Å². The van der Waals surface area contributed by atoms with E-state index in [1.165, 1.54) is 18.0 Å². The number of carbonyl (C=O) groups is 3. The topological polar surface area (TPSA) is 127 Å². The highest BCUT2D eigenvalue weighted by Crippen LogP contribution is 2.28. The van der Waals surface area contributed by atoms with E-state index >= 15 is 0 Å². The van der Waals surface area contributed by atoms with Crippen LogP contribution in [0.1, 0.15) is 56.8 Å². The second-order valence-corrected chi connectivity index (χ2v) is 9.58. The first-order valence-electron chi connectivity index (χ1n) is 12.4. The highest BCUT2D eigenvalue weighted by Gasteiger charge is 2.41. The summed E-state index contributed by atoms with van der Waals surface area (Å²) in [4.78, 5) is 42.7. The van der Waals surface area contributed by atoms with Gasteiger partial charge in [0, 0.05) is 30.5 Å². The second kappa shape index (κ2) is 12.1. The third kappa shape index (κ3) is 7.13. The van der Waals surface area contributed by atoms with Gasteiger partial charge >= 0.3 is 0 Å². The molecule has 0 bridgehead atoms. The third-order valence-corrected chi connectivity index (χ3v) is 6.41. The molecule has 1 aliphatic heterocycles. The smallest absolute Gasteiger partial charge is 0.252 e. The summed E-state index contributed by atoms with van der Waals surface area (Å²) in [5, 5.41) is 6.12. The summed E-state index contributed by atoms with van der Waals surface area (Å²) >= 11 is 0. The highest BCUT2D eigenvalue weighted by atomic mass is 19.1. The molecule has 0 radical (unpaired) electrons. The van der Waals surface area contributed by atoms with E-state index in [4.69, 9.17) is 10.5 Å². The average molecular weight is 502 g/mol. The van der Waals surface area contributed by atoms with Gasteiger partial charge in [-0.25, -0.2) is 4.39 Å². The number of nitrogens with one attached hydrogen (secondary N) is 2. The molecular formula is C26H36FN5O4. The van der Waals surface area contributed by atoms with Gasteiger partial charge in [0.15, 0.2) is 0 Å². The molecule has 2 heterocycles. The Kier molecular flexibility index (Phi) is 9.19. The molecule has 2 aromatic rings. The van der Waals surface area contributed by atoms with Gasteiger partial charge in [-0.2, -0.15) is 0 Å². The minimum absolute atomic E-state index is 0.0146. The Balaban J connectivity index is 1.54. The number of nitrogens with two attached hydrogens (primary N) is 1. The molecule has 1 aliphatic rings. The zero-order valence-corrected chi connectivity index (χ0v) is 21.2. The lowest BCUT2D eigenvalue weighted by Crippen LogP contribution is -2.46. The van der Waals surface area contributed by atoms with E-state index in [-0.39, 0.29) is 31.3 Å². The number of amides is 3. The lowest BCUT2D eigenvalue weighted by atomic mass is 10.1. The first kappa shape index (κ1) is 27.3. The minimum atomic E-state index is -1.53. The molecule has 3 rings (SSSR count). The summed E-state index contributed by atoms with van der Waals surface area (Å²) in [6, 6.07) is 6.87. The first-order valence-corrected chi connectivity index (χ1v) is 12.4. The van der Waals surface area contributed by atoms with E-state index in [9.17, 15) is 18.8 Å². The van der Waals surface area contributed by atoms with E-state index in [2.05, 4.69) is 15.6 Å². The van der Waals surface area contributed by atoms with Crippen molar-refractivity contribution >= 4 is 28.6 Å². The maximum atomic E-state index is 14.2. The van der Waals surface area contributed by atoms with Crippen LogP contribution in [0.25, 0.3) is 10.9 Å². The summed E-state index contributed by atoms with van der Waals surface area (Å²) in [6.45, 7) is 5.99. The van der Waals surface area contributed by atoms with Crippen molar-refractivity contribution in [3.05, 3.63) is 36.0 Å². The predicted octanol–water partition coefficient (Wildman–Crippen LogP) is 2.53. The van der Waals surface area contributed by atoms with Gasteiger partial charge < -0.3 is 26.0 Å². The number of pyridine rings is 1. The summed E-state index contributed by atoms with van der Waals surface area (Å²) in [5.74, 6) is -0.201. The fourth-order valence-corrected chi connectivity index (χ4v) is 4.11. The molecule has 3 atom stereocenters. The molecule has 1 aromatic carbocycles. The van der Waals surface area contributed by atoms with Crippen LogP contribution in [0, 0.1) is 5.92 Å². The number of benzene rings is 1. The van der Waals surface area contributed by atoms with Crippen molar-refractivity contribution in [3.8, 4) is 5.75 Å². The van der Waals surface area contributed by atoms with Crippen molar-refractivity contribution in [3.63, 3.8) is 0 Å². The number of aromatic nitrogens is 1. The van der Waals surface area contributed by atoms with Crippen molar-refractivity contribution < 1.29 is 23.5 Å². The number of ether oxygens (including phenoxy) is 1. The van der Waals surface area contributed by atoms with Gasteiger partial charge in [0.25, 0.3) is 5.91 Å². The summed E-state index contributed by atoms with van der Waals surface area (Å²) in [7, 11) is 0. The SMILES string of the molecule is CCC(C)C(=O)NCCCCOc1ccc2nccc(C(=O)NCC(=O)N3CC(C)(F)C[C@@H]3N)c2c1. The molecule has 1 saturated heterocycles. The van der Waals surface area contributed by atoms with Gasteiger partial charge in [-0.1, -0.05) is 13.8 Å². The molecule has 0 saturated carbocycles. The number of halogens is 1. The number of fused-ring (bicyclic) bond motifs is 1. The van der Waals surface area contributed by atoms with E-state index in [1.54, 1.807) is 24.3 Å². The number of rotatable bonds is 11. The molecule has 2 unspecified atom stereocenters. The van der Waals surface area contributed by atoms with Gasteiger partial charge in [-0.15, -0.1) is 0 Å². The van der Waals surface area contributed by atoms with E-state index in [1.807, 2.05) is 13.8 Å². The molecule has 3 amide bonds. The highest BCUT2D eigenvalue weighted by molar-refractivity contribution is 6.07. The van der Waals surface area contributed by atoms with Gasteiger partial charge in [0.2, 0.25) is 11.8 Å². The normalized spacial score (nSPS) is 20.2. The van der Waals surface area contributed by atoms with Crippen LogP contribution in [0.2, 0.25) is 0 Å². The zero-order valence-electron chi connectivity index (χ0n) is 21.2. The second-order valence-electron chi connectivity index (χ2n) is 9.58. The van der Waals surface area contributed by atoms with Gasteiger partial charge in [-0.3, -0.25) is 19.4 Å². The number of hydrogen-bond donors (Lipinski definition) is 3. The lowest BCUT2D eigenvalue weighted by molar-refractivity contribution is -0.131. The van der Waals surface area contributed by atoms with Gasteiger partial charge in [-0.05, 0) is 50.5 Å². The van der Waals surface area contributed by atoms with Crippen molar-refractivity contribution in [2.75, 3.05) is 26.2 Å². The fourth-order valence-electron chi connectivity index (χ4n) is 4.11. The predicted molar refractivity (Wildman–Crippen MR) is 135 cm³/mol. The van der Waals surface area contributed by atoms with Crippen molar-refractivity contribution in [1.29, 1.82) is 0 Å². The molecule has 0 aliphatic carbocycles. The largest absolute Gasteiger partial charge is 0.494 e. The molecule has 1 fully saturated rings. The molecule has 36 heavy (non-hydrogen) atoms. The Morgan fingerprint density at radius 1 is 1.28 bits per heavy atom. The quantitative estimate of drug-likeness (QED) is 0.406. The number of carbonyl (C=O) groups excluding carboxylic acids is 3. The lowest BCUT2D eigenvalue weighted by Gasteiger charge is -2.21. The molecule has 4 N–H and O–H groups in total. The van der Waals surface area contributed by atoms with Crippen molar-refractivity contribution in [2.24, 2.45) is 11.7 Å². The Bertz CT molecular complexity index is 1090. The van der Waals surface area contributed by atoms with Crippen LogP contribution >= 0.6 is 0 Å². The third-order valence-electron chi connectivity index (χ3n) is 6.41. The van der Waals surface area contributed by atoms with E-state index in [0.717, 1.165) is 19.3 Å². The number of alkyl halides is 1. The molecule has 10 heteroatoms. The molecule has 1 aromatic heterocycles. The average Bonchev–Trinajstić information content (AvgIpc) is 3.15. The van der Waals surface area contributed by atoms with Crippen LogP contribution < -0.4 is 21.1 Å². The Hall–Kier alpha value is -3.27. The Labute approximate surface area is 210 Å². The van der Waals surface area contributed by atoms with Gasteiger partial charge in [0.1, 0.15) is 11.4 Å². The standard InChI is InChI=1S/C26H36FN5O4/c1-4-17(2)24(34)30-10-5-6-12-36-18-7-8-21-20(13-18)19(9-11-29-21)25(35)31-15-23(33)32-16-26(3,27)14-22(32)28/h7-9,11,13,17,22H,4-6,10,12,14-16,28H2,1-3H3,(H,30,34)(H,31,35)/t17?,22-,26?/m1/s1. The molecular weight excluding hydrogens is 465 g/mol. The Morgan fingerprint density at radius 2 is 2.06 bits per heavy atom. The number of hydrogen-bond acceptors (Lipinski definition) is 6. The van der Waals surface area contributed by atoms with Crippen LogP contribution in [-0.4, -0.2) is 65.7 Å². The molecule has 0 spiro atoms. The minimum Gasteiger partial charge on any atom is -0.494 e. The van der Waals surface area contributed by atoms with Gasteiger partial charge in [0.05, 0.1) is 36.9 Å². The summed E-state index contributed by atoms with van der Waals surface area (Å²) in [6.07, 6.45) is 3.25. The van der Waals surface area contributed by atoms with Crippen molar-refractivity contribution in [2.45, 2.75) is 58.3 Å². The summed E-state index contributed by atoms with van der Waals surface area (Å²) < 4.78 is 20.0. The van der Waals surface area contributed by atoms with Crippen LogP contribution in [0.3, 0.4) is 0 Å². The maximum absolute atomic E-state index is 14.2. The Morgan fingerprint density at radius 3 is 2.75 bits per heavy atom. The van der Waals surface area contributed by atoms with E-state index in [0.29, 0.717) is 35.4 Å².